The summed E-state index contributed by atoms with van der Waals surface area (Å²) in [4.78, 5) is 21.4. The smallest absolute Gasteiger partial charge is 0.243 e. The van der Waals surface area contributed by atoms with Gasteiger partial charge in [0, 0.05) is 38.6 Å². The minimum atomic E-state index is -0.00876. The molecule has 148 valence electrons. The first-order valence-corrected chi connectivity index (χ1v) is 9.58. The van der Waals surface area contributed by atoms with Crippen molar-refractivity contribution in [1.29, 1.82) is 0 Å². The third-order valence-electron chi connectivity index (χ3n) is 3.93. The quantitative estimate of drug-likeness (QED) is 0.246. The number of carbonyl (C=O) groups excluding carboxylic acids is 1. The summed E-state index contributed by atoms with van der Waals surface area (Å²) >= 11 is 1.70. The molecule has 26 heavy (non-hydrogen) atoms. The van der Waals surface area contributed by atoms with E-state index in [2.05, 4.69) is 32.0 Å². The van der Waals surface area contributed by atoms with Crippen molar-refractivity contribution in [1.82, 2.24) is 20.4 Å². The van der Waals surface area contributed by atoms with Crippen molar-refractivity contribution in [2.45, 2.75) is 13.0 Å². The van der Waals surface area contributed by atoms with Gasteiger partial charge in [-0.05, 0) is 24.4 Å². The van der Waals surface area contributed by atoms with Crippen molar-refractivity contribution in [2.24, 2.45) is 4.99 Å². The molecule has 1 aromatic rings. The van der Waals surface area contributed by atoms with E-state index in [0.29, 0.717) is 12.5 Å². The number of ether oxygens (including phenoxy) is 1. The first-order valence-electron chi connectivity index (χ1n) is 8.70. The molecule has 0 atom stereocenters. The van der Waals surface area contributed by atoms with Crippen LogP contribution in [0.4, 0.5) is 0 Å². The molecule has 2 N–H and O–H groups in total. The van der Waals surface area contributed by atoms with Crippen molar-refractivity contribution in [2.75, 3.05) is 60.0 Å². The molecule has 1 saturated heterocycles. The van der Waals surface area contributed by atoms with Crippen molar-refractivity contribution in [3.8, 4) is 0 Å². The number of aliphatic imine (C=N–C) groups is 1. The number of thiophene rings is 1. The second-order valence-corrected chi connectivity index (χ2v) is 7.15. The molecule has 7 nitrogen and oxygen atoms in total. The van der Waals surface area contributed by atoms with Crippen LogP contribution >= 0.6 is 35.3 Å². The number of hydrogen-bond acceptors (Lipinski definition) is 5. The maximum absolute atomic E-state index is 11.8. The summed E-state index contributed by atoms with van der Waals surface area (Å²) in [7, 11) is 3.48. The van der Waals surface area contributed by atoms with Crippen molar-refractivity contribution in [3.63, 3.8) is 0 Å². The molecule has 1 fully saturated rings. The Morgan fingerprint density at radius 2 is 2.12 bits per heavy atom. The van der Waals surface area contributed by atoms with Gasteiger partial charge in [0.15, 0.2) is 5.96 Å². The van der Waals surface area contributed by atoms with Gasteiger partial charge in [0.05, 0.1) is 19.8 Å². The molecule has 0 radical (unpaired) electrons. The monoisotopic (exact) mass is 495 g/mol. The second-order valence-electron chi connectivity index (χ2n) is 6.12. The van der Waals surface area contributed by atoms with Crippen molar-refractivity contribution in [3.05, 3.63) is 22.4 Å². The van der Waals surface area contributed by atoms with E-state index >= 15 is 0 Å². The maximum Gasteiger partial charge on any atom is 0.243 e. The molecule has 1 aliphatic rings. The van der Waals surface area contributed by atoms with E-state index in [9.17, 15) is 4.79 Å². The Labute approximate surface area is 177 Å². The van der Waals surface area contributed by atoms with Crippen LogP contribution in [0.1, 0.15) is 11.3 Å². The average molecular weight is 495 g/mol. The summed E-state index contributed by atoms with van der Waals surface area (Å²) < 4.78 is 5.36. The predicted octanol–water partition coefficient (Wildman–Crippen LogP) is 1.21. The lowest BCUT2D eigenvalue weighted by molar-refractivity contribution is -0.127. The highest BCUT2D eigenvalue weighted by molar-refractivity contribution is 14.0. The Morgan fingerprint density at radius 3 is 2.77 bits per heavy atom. The Bertz CT molecular complexity index is 533. The number of rotatable bonds is 8. The number of likely N-dealkylation sites (N-methyl/N-ethyl adjacent to an activating group) is 1. The first-order chi connectivity index (χ1) is 12.1. The van der Waals surface area contributed by atoms with Crippen LogP contribution in [0.2, 0.25) is 0 Å². The topological polar surface area (TPSA) is 69.2 Å². The maximum atomic E-state index is 11.8. The Hall–Kier alpha value is -0.910. The fraction of sp³-hybridized carbons (Fsp3) is 0.647. The lowest BCUT2D eigenvalue weighted by Crippen LogP contribution is -2.41. The number of nitrogens with zero attached hydrogens (tertiary/aromatic N) is 3. The lowest BCUT2D eigenvalue weighted by atomic mass is 10.3. The molecule has 1 amide bonds. The number of amides is 1. The molecule has 9 heteroatoms. The van der Waals surface area contributed by atoms with Crippen LogP contribution < -0.4 is 10.6 Å². The molecule has 1 aliphatic heterocycles. The highest BCUT2D eigenvalue weighted by Crippen LogP contribution is 2.07. The van der Waals surface area contributed by atoms with Gasteiger partial charge in [-0.2, -0.15) is 0 Å². The lowest BCUT2D eigenvalue weighted by Gasteiger charge is -2.26. The summed E-state index contributed by atoms with van der Waals surface area (Å²) in [5.74, 6) is 0.677. The summed E-state index contributed by atoms with van der Waals surface area (Å²) in [6, 6.07) is 4.11. The molecule has 0 spiro atoms. The molecular formula is C17H30IN5O2S. The molecule has 0 bridgehead atoms. The van der Waals surface area contributed by atoms with Gasteiger partial charge in [-0.25, -0.2) is 4.99 Å². The number of carbonyl (C=O) groups is 1. The van der Waals surface area contributed by atoms with Crippen LogP contribution in [-0.4, -0.2) is 81.7 Å². The van der Waals surface area contributed by atoms with Gasteiger partial charge in [-0.3, -0.25) is 9.69 Å². The fourth-order valence-electron chi connectivity index (χ4n) is 2.38. The van der Waals surface area contributed by atoms with Crippen LogP contribution in [0.15, 0.2) is 22.5 Å². The van der Waals surface area contributed by atoms with Gasteiger partial charge in [-0.15, -0.1) is 35.3 Å². The van der Waals surface area contributed by atoms with Gasteiger partial charge in [0.25, 0.3) is 0 Å². The normalized spacial score (nSPS) is 15.2. The van der Waals surface area contributed by atoms with E-state index in [4.69, 9.17) is 4.74 Å². The van der Waals surface area contributed by atoms with Crippen molar-refractivity contribution < 1.29 is 9.53 Å². The first kappa shape index (κ1) is 23.1. The SMILES string of the molecule is CN(C)C(=O)CN=C(NCCCN1CCOCC1)NCc1cccs1.I. The Kier molecular flexibility index (Phi) is 11.8. The summed E-state index contributed by atoms with van der Waals surface area (Å²) in [6.45, 7) is 6.41. The molecule has 0 saturated carbocycles. The van der Waals surface area contributed by atoms with E-state index < -0.39 is 0 Å². The molecular weight excluding hydrogens is 465 g/mol. The Balaban J connectivity index is 0.00000338. The molecule has 1 aromatic heterocycles. The number of nitrogens with one attached hydrogen (secondary N) is 2. The van der Waals surface area contributed by atoms with Crippen LogP contribution in [0, 0.1) is 0 Å². The van der Waals surface area contributed by atoms with Crippen LogP contribution in [0.5, 0.6) is 0 Å². The van der Waals surface area contributed by atoms with Crippen molar-refractivity contribution >= 4 is 47.2 Å². The molecule has 0 aromatic carbocycles. The minimum Gasteiger partial charge on any atom is -0.379 e. The standard InChI is InChI=1S/C17H29N5O2S.HI/c1-21(2)16(23)14-20-17(19-13-15-5-3-12-25-15)18-6-4-7-22-8-10-24-11-9-22;/h3,5,12H,4,6-11,13-14H2,1-2H3,(H2,18,19,20);1H. The minimum absolute atomic E-state index is 0. The zero-order chi connectivity index (χ0) is 17.9. The number of guanidine groups is 1. The number of morpholine rings is 1. The van der Waals surface area contributed by atoms with Gasteiger partial charge in [0.1, 0.15) is 6.54 Å². The summed E-state index contributed by atoms with van der Waals surface area (Å²) in [6.07, 6.45) is 1.03. The average Bonchev–Trinajstić information content (AvgIpc) is 3.14. The van der Waals surface area contributed by atoms with E-state index in [1.54, 1.807) is 30.3 Å². The predicted molar refractivity (Wildman–Crippen MR) is 117 cm³/mol. The van der Waals surface area contributed by atoms with E-state index in [-0.39, 0.29) is 36.4 Å². The highest BCUT2D eigenvalue weighted by atomic mass is 127. The number of hydrogen-bond donors (Lipinski definition) is 2. The largest absolute Gasteiger partial charge is 0.379 e. The summed E-state index contributed by atoms with van der Waals surface area (Å²) in [5, 5.41) is 8.69. The molecule has 0 aliphatic carbocycles. The molecule has 2 heterocycles. The van der Waals surface area contributed by atoms with E-state index in [1.165, 1.54) is 4.88 Å². The third-order valence-corrected chi connectivity index (χ3v) is 4.81. The van der Waals surface area contributed by atoms with Gasteiger partial charge >= 0.3 is 0 Å². The zero-order valence-corrected chi connectivity index (χ0v) is 18.7. The highest BCUT2D eigenvalue weighted by Gasteiger charge is 2.09. The summed E-state index contributed by atoms with van der Waals surface area (Å²) in [5.41, 5.74) is 0. The number of halogens is 1. The second kappa shape index (κ2) is 13.3. The fourth-order valence-corrected chi connectivity index (χ4v) is 3.03. The molecule has 2 rings (SSSR count). The molecule has 0 unspecified atom stereocenters. The van der Waals surface area contributed by atoms with Gasteiger partial charge < -0.3 is 20.3 Å². The zero-order valence-electron chi connectivity index (χ0n) is 15.6. The van der Waals surface area contributed by atoms with Gasteiger partial charge in [-0.1, -0.05) is 6.07 Å². The van der Waals surface area contributed by atoms with Crippen LogP contribution in [0.3, 0.4) is 0 Å². The van der Waals surface area contributed by atoms with E-state index in [0.717, 1.165) is 45.8 Å². The van der Waals surface area contributed by atoms with Crippen LogP contribution in [0.25, 0.3) is 0 Å². The van der Waals surface area contributed by atoms with Gasteiger partial charge in [0.2, 0.25) is 5.91 Å². The van der Waals surface area contributed by atoms with E-state index in [1.807, 2.05) is 6.07 Å². The Morgan fingerprint density at radius 1 is 1.35 bits per heavy atom. The van der Waals surface area contributed by atoms with Crippen LogP contribution in [-0.2, 0) is 16.1 Å². The third kappa shape index (κ3) is 9.15.